The number of aromatic nitrogens is 4. The van der Waals surface area contributed by atoms with Crippen molar-refractivity contribution in [1.29, 1.82) is 0 Å². The van der Waals surface area contributed by atoms with Gasteiger partial charge in [0.1, 0.15) is 12.1 Å². The molecule has 0 aliphatic rings. The van der Waals surface area contributed by atoms with Crippen molar-refractivity contribution in [3.8, 4) is 11.4 Å². The number of aryl methyl sites for hydroxylation is 1. The summed E-state index contributed by atoms with van der Waals surface area (Å²) < 4.78 is 13.5. The van der Waals surface area contributed by atoms with Crippen LogP contribution in [-0.4, -0.2) is 26.5 Å². The lowest BCUT2D eigenvalue weighted by atomic mass is 10.1. The Morgan fingerprint density at radius 3 is 2.80 bits per heavy atom. The molecule has 0 unspecified atom stereocenters. The number of tetrazole rings is 1. The number of halogens is 1. The van der Waals surface area contributed by atoms with Gasteiger partial charge < -0.3 is 0 Å². The van der Waals surface area contributed by atoms with Gasteiger partial charge in [-0.3, -0.25) is 4.79 Å². The number of nitrogens with zero attached hydrogens (tertiary/aromatic N) is 4. The molecular formula is C9H7FN4O. The second-order valence-electron chi connectivity index (χ2n) is 2.96. The average Bonchev–Trinajstić information content (AvgIpc) is 2.64. The van der Waals surface area contributed by atoms with Gasteiger partial charge in [-0.1, -0.05) is 6.07 Å². The SMILES string of the molecule is Cn1nnc(-c2ccc(C=O)cc2F)n1. The van der Waals surface area contributed by atoms with Crippen molar-refractivity contribution in [2.45, 2.75) is 0 Å². The molecule has 0 atom stereocenters. The Morgan fingerprint density at radius 2 is 2.27 bits per heavy atom. The fourth-order valence-corrected chi connectivity index (χ4v) is 1.18. The maximum absolute atomic E-state index is 13.5. The molecule has 76 valence electrons. The van der Waals surface area contributed by atoms with Crippen LogP contribution in [0.25, 0.3) is 11.4 Å². The fourth-order valence-electron chi connectivity index (χ4n) is 1.18. The summed E-state index contributed by atoms with van der Waals surface area (Å²) in [4.78, 5) is 11.6. The molecular weight excluding hydrogens is 199 g/mol. The zero-order valence-corrected chi connectivity index (χ0v) is 7.88. The number of carbonyl (C=O) groups excluding carboxylic acids is 1. The molecule has 0 radical (unpaired) electrons. The van der Waals surface area contributed by atoms with Gasteiger partial charge in [-0.2, -0.15) is 4.80 Å². The molecule has 15 heavy (non-hydrogen) atoms. The van der Waals surface area contributed by atoms with Crippen molar-refractivity contribution >= 4 is 6.29 Å². The van der Waals surface area contributed by atoms with Gasteiger partial charge in [0.05, 0.1) is 12.6 Å². The highest BCUT2D eigenvalue weighted by Crippen LogP contribution is 2.18. The van der Waals surface area contributed by atoms with Crippen LogP contribution in [0.15, 0.2) is 18.2 Å². The number of hydrogen-bond acceptors (Lipinski definition) is 4. The monoisotopic (exact) mass is 206 g/mol. The Labute approximate surface area is 84.5 Å². The smallest absolute Gasteiger partial charge is 0.207 e. The third-order valence-electron chi connectivity index (χ3n) is 1.88. The van der Waals surface area contributed by atoms with Crippen molar-refractivity contribution in [1.82, 2.24) is 20.2 Å². The molecule has 2 aromatic rings. The Morgan fingerprint density at radius 1 is 1.47 bits per heavy atom. The van der Waals surface area contributed by atoms with E-state index in [4.69, 9.17) is 0 Å². The molecule has 0 aliphatic carbocycles. The van der Waals surface area contributed by atoms with Gasteiger partial charge in [0, 0.05) is 5.56 Å². The number of benzene rings is 1. The average molecular weight is 206 g/mol. The first-order valence-corrected chi connectivity index (χ1v) is 4.20. The Kier molecular flexibility index (Phi) is 2.24. The molecule has 5 nitrogen and oxygen atoms in total. The van der Waals surface area contributed by atoms with Gasteiger partial charge in [0.15, 0.2) is 0 Å². The number of rotatable bonds is 2. The highest BCUT2D eigenvalue weighted by molar-refractivity contribution is 5.76. The minimum absolute atomic E-state index is 0.201. The fraction of sp³-hybridized carbons (Fsp3) is 0.111. The minimum Gasteiger partial charge on any atom is -0.298 e. The highest BCUT2D eigenvalue weighted by atomic mass is 19.1. The van der Waals surface area contributed by atoms with Gasteiger partial charge in [0.2, 0.25) is 5.82 Å². The first-order valence-electron chi connectivity index (χ1n) is 4.20. The van der Waals surface area contributed by atoms with Crippen LogP contribution in [0.3, 0.4) is 0 Å². The molecule has 1 heterocycles. The molecule has 1 aromatic heterocycles. The van der Waals surface area contributed by atoms with Crippen LogP contribution in [0.5, 0.6) is 0 Å². The van der Waals surface area contributed by atoms with E-state index in [-0.39, 0.29) is 17.0 Å². The quantitative estimate of drug-likeness (QED) is 0.683. The molecule has 1 aromatic carbocycles. The van der Waals surface area contributed by atoms with Gasteiger partial charge in [-0.25, -0.2) is 4.39 Å². The number of aldehydes is 1. The second-order valence-corrected chi connectivity index (χ2v) is 2.96. The normalized spacial score (nSPS) is 10.3. The van der Waals surface area contributed by atoms with Crippen molar-refractivity contribution in [3.63, 3.8) is 0 Å². The summed E-state index contributed by atoms with van der Waals surface area (Å²) in [6, 6.07) is 4.09. The zero-order valence-electron chi connectivity index (χ0n) is 7.88. The summed E-state index contributed by atoms with van der Waals surface area (Å²) in [6.45, 7) is 0. The predicted molar refractivity (Wildman–Crippen MR) is 49.6 cm³/mol. The van der Waals surface area contributed by atoms with E-state index in [1.807, 2.05) is 0 Å². The summed E-state index contributed by atoms with van der Waals surface area (Å²) in [7, 11) is 1.59. The van der Waals surface area contributed by atoms with E-state index in [0.717, 1.165) is 6.07 Å². The standard InChI is InChI=1S/C9H7FN4O/c1-14-12-9(11-13-14)7-3-2-6(5-15)4-8(7)10/h2-5H,1H3. The number of hydrogen-bond donors (Lipinski definition) is 0. The lowest BCUT2D eigenvalue weighted by Gasteiger charge is -1.97. The zero-order chi connectivity index (χ0) is 10.8. The second kappa shape index (κ2) is 3.56. The van der Waals surface area contributed by atoms with Crippen LogP contribution in [0.1, 0.15) is 10.4 Å². The largest absolute Gasteiger partial charge is 0.298 e. The molecule has 0 saturated heterocycles. The van der Waals surface area contributed by atoms with Gasteiger partial charge in [-0.05, 0) is 17.3 Å². The van der Waals surface area contributed by atoms with E-state index < -0.39 is 5.82 Å². The van der Waals surface area contributed by atoms with E-state index in [9.17, 15) is 9.18 Å². The minimum atomic E-state index is -0.535. The van der Waals surface area contributed by atoms with E-state index in [1.165, 1.54) is 16.9 Å². The van der Waals surface area contributed by atoms with E-state index in [2.05, 4.69) is 15.4 Å². The van der Waals surface area contributed by atoms with E-state index in [1.54, 1.807) is 7.05 Å². The molecule has 0 spiro atoms. The molecule has 0 saturated carbocycles. The van der Waals surface area contributed by atoms with E-state index >= 15 is 0 Å². The molecule has 6 heteroatoms. The Bertz CT molecular complexity index is 509. The van der Waals surface area contributed by atoms with Crippen molar-refractivity contribution < 1.29 is 9.18 Å². The molecule has 2 rings (SSSR count). The summed E-state index contributed by atoms with van der Waals surface area (Å²) >= 11 is 0. The lowest BCUT2D eigenvalue weighted by Crippen LogP contribution is -1.93. The summed E-state index contributed by atoms with van der Waals surface area (Å²) in [6.07, 6.45) is 0.580. The first kappa shape index (κ1) is 9.45. The Hall–Kier alpha value is -2.11. The topological polar surface area (TPSA) is 60.7 Å². The molecule has 0 amide bonds. The lowest BCUT2D eigenvalue weighted by molar-refractivity contribution is 0.112. The number of carbonyl (C=O) groups is 1. The Balaban J connectivity index is 2.49. The van der Waals surface area contributed by atoms with Crippen LogP contribution >= 0.6 is 0 Å². The van der Waals surface area contributed by atoms with Gasteiger partial charge >= 0.3 is 0 Å². The maximum atomic E-state index is 13.5. The van der Waals surface area contributed by atoms with Crippen molar-refractivity contribution in [2.75, 3.05) is 0 Å². The van der Waals surface area contributed by atoms with E-state index in [0.29, 0.717) is 6.29 Å². The third kappa shape index (κ3) is 1.74. The summed E-state index contributed by atoms with van der Waals surface area (Å²) in [5, 5.41) is 11.1. The first-order chi connectivity index (χ1) is 7.20. The van der Waals surface area contributed by atoms with Crippen molar-refractivity contribution in [3.05, 3.63) is 29.6 Å². The van der Waals surface area contributed by atoms with Crippen LogP contribution in [-0.2, 0) is 7.05 Å². The highest BCUT2D eigenvalue weighted by Gasteiger charge is 2.10. The van der Waals surface area contributed by atoms with Crippen LogP contribution in [0, 0.1) is 5.82 Å². The maximum Gasteiger partial charge on any atom is 0.207 e. The molecule has 0 N–H and O–H groups in total. The van der Waals surface area contributed by atoms with Crippen LogP contribution in [0.2, 0.25) is 0 Å². The van der Waals surface area contributed by atoms with Gasteiger partial charge in [0.25, 0.3) is 0 Å². The molecule has 0 bridgehead atoms. The summed E-state index contributed by atoms with van der Waals surface area (Å²) in [5.41, 5.74) is 0.508. The predicted octanol–water partition coefficient (Wildman–Crippen LogP) is 0.829. The molecule has 0 fully saturated rings. The summed E-state index contributed by atoms with van der Waals surface area (Å²) in [5.74, 6) is -0.333. The van der Waals surface area contributed by atoms with Gasteiger partial charge in [-0.15, -0.1) is 10.2 Å². The van der Waals surface area contributed by atoms with Crippen LogP contribution in [0.4, 0.5) is 4.39 Å². The molecule has 0 aliphatic heterocycles. The van der Waals surface area contributed by atoms with Crippen LogP contribution < -0.4 is 0 Å². The third-order valence-corrected chi connectivity index (χ3v) is 1.88. The van der Waals surface area contributed by atoms with Crippen molar-refractivity contribution in [2.24, 2.45) is 7.05 Å².